The number of hydrogen-bond acceptors (Lipinski definition) is 3. The monoisotopic (exact) mass is 280 g/mol. The Bertz CT molecular complexity index is 417. The van der Waals surface area contributed by atoms with Crippen molar-refractivity contribution in [1.29, 1.82) is 0 Å². The van der Waals surface area contributed by atoms with Crippen LogP contribution in [0.4, 0.5) is 0 Å². The molecule has 0 amide bonds. The van der Waals surface area contributed by atoms with Gasteiger partial charge in [-0.25, -0.2) is 4.98 Å². The number of rotatable bonds is 6. The largest absolute Gasteiger partial charge is 0.350 e. The van der Waals surface area contributed by atoms with E-state index in [1.807, 2.05) is 20.0 Å². The quantitative estimate of drug-likeness (QED) is 0.377. The van der Waals surface area contributed by atoms with Gasteiger partial charge in [0.2, 0.25) is 0 Å². The van der Waals surface area contributed by atoms with Crippen molar-refractivity contribution in [2.45, 2.75) is 33.2 Å². The third-order valence-corrected chi connectivity index (χ3v) is 4.02. The highest BCUT2D eigenvalue weighted by Gasteiger charge is 2.07. The van der Waals surface area contributed by atoms with Crippen LogP contribution in [0.3, 0.4) is 0 Å². The number of unbranched alkanes of at least 4 members (excludes halogenated alkanes) is 1. The molecule has 1 rings (SSSR count). The summed E-state index contributed by atoms with van der Waals surface area (Å²) in [4.78, 5) is 12.2. The number of hydrogen-bond donors (Lipinski definition) is 1. The van der Waals surface area contributed by atoms with Gasteiger partial charge in [0.25, 0.3) is 0 Å². The van der Waals surface area contributed by atoms with E-state index in [4.69, 9.17) is 0 Å². The van der Waals surface area contributed by atoms with Gasteiger partial charge in [0.1, 0.15) is 5.01 Å². The average molecular weight is 280 g/mol. The maximum absolute atomic E-state index is 4.52. The van der Waals surface area contributed by atoms with Crippen LogP contribution in [-0.2, 0) is 6.54 Å². The first-order valence-electron chi connectivity index (χ1n) is 6.54. The Balaban J connectivity index is 2.46. The molecule has 0 fully saturated rings. The Kier molecular flexibility index (Phi) is 6.56. The summed E-state index contributed by atoms with van der Waals surface area (Å²) in [5, 5.41) is 4.46. The average Bonchev–Trinajstić information content (AvgIpc) is 2.70. The van der Waals surface area contributed by atoms with Gasteiger partial charge in [-0.15, -0.1) is 17.9 Å². The smallest absolute Gasteiger partial charge is 0.193 e. The van der Waals surface area contributed by atoms with Crippen LogP contribution in [0.1, 0.15) is 28.4 Å². The zero-order valence-electron chi connectivity index (χ0n) is 12.4. The lowest BCUT2D eigenvalue weighted by Gasteiger charge is -2.21. The standard InChI is InChI=1S/C14H24N4S/c1-6-7-8-9-18(5)14(15-4)16-10-13-17-11(2)12(3)19-13/h6H,1,7-10H2,2-5H3,(H,15,16). The summed E-state index contributed by atoms with van der Waals surface area (Å²) in [6, 6.07) is 0. The van der Waals surface area contributed by atoms with Crippen molar-refractivity contribution in [3.05, 3.63) is 28.2 Å². The SMILES string of the molecule is C=CCCCN(C)C(=NC)NCc1nc(C)c(C)s1. The normalized spacial score (nSPS) is 11.5. The first-order valence-corrected chi connectivity index (χ1v) is 7.35. The molecule has 0 saturated carbocycles. The number of thiazole rings is 1. The van der Waals surface area contributed by atoms with E-state index >= 15 is 0 Å². The van der Waals surface area contributed by atoms with Crippen LogP contribution in [0.2, 0.25) is 0 Å². The number of nitrogens with one attached hydrogen (secondary N) is 1. The molecule has 0 spiro atoms. The fraction of sp³-hybridized carbons (Fsp3) is 0.571. The summed E-state index contributed by atoms with van der Waals surface area (Å²) in [6.07, 6.45) is 4.08. The number of allylic oxidation sites excluding steroid dienone is 1. The highest BCUT2D eigenvalue weighted by Crippen LogP contribution is 2.15. The number of aryl methyl sites for hydroxylation is 2. The fourth-order valence-corrected chi connectivity index (χ4v) is 2.61. The summed E-state index contributed by atoms with van der Waals surface area (Å²) in [6.45, 7) is 9.60. The van der Waals surface area contributed by atoms with Gasteiger partial charge in [-0.2, -0.15) is 0 Å². The van der Waals surface area contributed by atoms with Crippen molar-refractivity contribution in [1.82, 2.24) is 15.2 Å². The lowest BCUT2D eigenvalue weighted by Crippen LogP contribution is -2.38. The molecule has 1 aromatic heterocycles. The van der Waals surface area contributed by atoms with Crippen molar-refractivity contribution >= 4 is 17.3 Å². The van der Waals surface area contributed by atoms with E-state index in [0.717, 1.165) is 42.6 Å². The van der Waals surface area contributed by atoms with E-state index in [-0.39, 0.29) is 0 Å². The number of nitrogens with zero attached hydrogens (tertiary/aromatic N) is 3. The van der Waals surface area contributed by atoms with Crippen molar-refractivity contribution in [3.8, 4) is 0 Å². The zero-order chi connectivity index (χ0) is 14.3. The Morgan fingerprint density at radius 3 is 2.79 bits per heavy atom. The topological polar surface area (TPSA) is 40.5 Å². The lowest BCUT2D eigenvalue weighted by molar-refractivity contribution is 0.469. The van der Waals surface area contributed by atoms with Crippen molar-refractivity contribution in [3.63, 3.8) is 0 Å². The van der Waals surface area contributed by atoms with Gasteiger partial charge in [0, 0.05) is 25.5 Å². The van der Waals surface area contributed by atoms with Crippen LogP contribution in [0.15, 0.2) is 17.6 Å². The van der Waals surface area contributed by atoms with E-state index in [1.165, 1.54) is 4.88 Å². The van der Waals surface area contributed by atoms with Gasteiger partial charge in [-0.1, -0.05) is 6.08 Å². The Hall–Kier alpha value is -1.36. The zero-order valence-corrected chi connectivity index (χ0v) is 13.2. The Labute approximate surface area is 120 Å². The highest BCUT2D eigenvalue weighted by atomic mass is 32.1. The molecule has 0 aliphatic heterocycles. The van der Waals surface area contributed by atoms with Crippen molar-refractivity contribution < 1.29 is 0 Å². The second-order valence-electron chi connectivity index (χ2n) is 4.50. The van der Waals surface area contributed by atoms with E-state index < -0.39 is 0 Å². The van der Waals surface area contributed by atoms with Gasteiger partial charge < -0.3 is 10.2 Å². The molecule has 0 aliphatic carbocycles. The predicted molar refractivity (Wildman–Crippen MR) is 83.8 cm³/mol. The molecule has 1 aromatic rings. The summed E-state index contributed by atoms with van der Waals surface area (Å²) < 4.78 is 0. The van der Waals surface area contributed by atoms with Crippen LogP contribution in [0.5, 0.6) is 0 Å². The second kappa shape index (κ2) is 7.94. The third kappa shape index (κ3) is 5.03. The van der Waals surface area contributed by atoms with Crippen LogP contribution in [-0.4, -0.2) is 36.5 Å². The molecule has 0 radical (unpaired) electrons. The lowest BCUT2D eigenvalue weighted by atomic mass is 10.3. The molecular formula is C14H24N4S. The Morgan fingerprint density at radius 2 is 2.26 bits per heavy atom. The van der Waals surface area contributed by atoms with E-state index in [0.29, 0.717) is 0 Å². The molecule has 0 saturated heterocycles. The molecular weight excluding hydrogens is 256 g/mol. The molecule has 19 heavy (non-hydrogen) atoms. The van der Waals surface area contributed by atoms with E-state index in [1.54, 1.807) is 11.3 Å². The molecule has 4 nitrogen and oxygen atoms in total. The molecule has 1 N–H and O–H groups in total. The third-order valence-electron chi connectivity index (χ3n) is 2.95. The van der Waals surface area contributed by atoms with Crippen LogP contribution >= 0.6 is 11.3 Å². The maximum atomic E-state index is 4.52. The van der Waals surface area contributed by atoms with Crippen molar-refractivity contribution in [2.75, 3.05) is 20.6 Å². The number of aromatic nitrogens is 1. The summed E-state index contributed by atoms with van der Waals surface area (Å²) in [5.74, 6) is 0.912. The first-order chi connectivity index (χ1) is 9.08. The number of aliphatic imine (C=N–C) groups is 1. The van der Waals surface area contributed by atoms with E-state index in [9.17, 15) is 0 Å². The van der Waals surface area contributed by atoms with Crippen LogP contribution < -0.4 is 5.32 Å². The van der Waals surface area contributed by atoms with Crippen LogP contribution in [0, 0.1) is 13.8 Å². The van der Waals surface area contributed by atoms with Crippen LogP contribution in [0.25, 0.3) is 0 Å². The molecule has 0 aliphatic rings. The molecule has 106 valence electrons. The fourth-order valence-electron chi connectivity index (χ4n) is 1.73. The summed E-state index contributed by atoms with van der Waals surface area (Å²) in [7, 11) is 3.86. The van der Waals surface area contributed by atoms with Gasteiger partial charge in [0.15, 0.2) is 5.96 Å². The highest BCUT2D eigenvalue weighted by molar-refractivity contribution is 7.11. The minimum absolute atomic E-state index is 0.734. The predicted octanol–water partition coefficient (Wildman–Crippen LogP) is 2.73. The molecule has 0 unspecified atom stereocenters. The molecule has 0 aromatic carbocycles. The minimum atomic E-state index is 0.734. The number of guanidine groups is 1. The Morgan fingerprint density at radius 1 is 1.53 bits per heavy atom. The second-order valence-corrected chi connectivity index (χ2v) is 5.79. The summed E-state index contributed by atoms with van der Waals surface area (Å²) >= 11 is 1.74. The minimum Gasteiger partial charge on any atom is -0.350 e. The maximum Gasteiger partial charge on any atom is 0.193 e. The van der Waals surface area contributed by atoms with E-state index in [2.05, 4.69) is 40.7 Å². The van der Waals surface area contributed by atoms with Gasteiger partial charge in [0.05, 0.1) is 12.2 Å². The van der Waals surface area contributed by atoms with Gasteiger partial charge in [-0.05, 0) is 26.7 Å². The van der Waals surface area contributed by atoms with Gasteiger partial charge >= 0.3 is 0 Å². The molecule has 0 bridgehead atoms. The molecule has 0 atom stereocenters. The molecule has 5 heteroatoms. The molecule has 1 heterocycles. The summed E-state index contributed by atoms with van der Waals surface area (Å²) in [5.41, 5.74) is 1.12. The first kappa shape index (κ1) is 15.7. The van der Waals surface area contributed by atoms with Crippen molar-refractivity contribution in [2.24, 2.45) is 4.99 Å². The van der Waals surface area contributed by atoms with Gasteiger partial charge in [-0.3, -0.25) is 4.99 Å².